The van der Waals surface area contributed by atoms with Crippen LogP contribution in [0.3, 0.4) is 0 Å². The Labute approximate surface area is 122 Å². The van der Waals surface area contributed by atoms with Gasteiger partial charge in [-0.05, 0) is 12.1 Å². The lowest BCUT2D eigenvalue weighted by Crippen LogP contribution is -2.05. The van der Waals surface area contributed by atoms with Crippen molar-refractivity contribution in [1.29, 1.82) is 0 Å². The second kappa shape index (κ2) is 5.29. The summed E-state index contributed by atoms with van der Waals surface area (Å²) in [5.41, 5.74) is 1.68. The molecule has 6 nitrogen and oxygen atoms in total. The van der Waals surface area contributed by atoms with Crippen LogP contribution in [0.25, 0.3) is 21.5 Å². The van der Waals surface area contributed by atoms with Gasteiger partial charge < -0.3 is 5.21 Å². The first-order chi connectivity index (χ1) is 10.2. The highest BCUT2D eigenvalue weighted by molar-refractivity contribution is 7.16. The molecule has 1 heterocycles. The highest BCUT2D eigenvalue weighted by atomic mass is 32.1. The van der Waals surface area contributed by atoms with Crippen LogP contribution in [0.4, 0.5) is 5.69 Å². The quantitative estimate of drug-likeness (QED) is 0.447. The molecule has 0 fully saturated rings. The molecule has 0 aliphatic heterocycles. The van der Waals surface area contributed by atoms with Gasteiger partial charge in [-0.1, -0.05) is 29.4 Å². The van der Waals surface area contributed by atoms with Gasteiger partial charge in [0.2, 0.25) is 0 Å². The zero-order chi connectivity index (χ0) is 14.8. The van der Waals surface area contributed by atoms with Crippen molar-refractivity contribution in [2.24, 2.45) is 5.16 Å². The Balaban J connectivity index is 2.29. The summed E-state index contributed by atoms with van der Waals surface area (Å²) in [6, 6.07) is 13.5. The molecule has 104 valence electrons. The van der Waals surface area contributed by atoms with Gasteiger partial charge in [-0.2, -0.15) is 0 Å². The minimum Gasteiger partial charge on any atom is -0.410 e. The predicted octanol–water partition coefficient (Wildman–Crippen LogP) is 3.16. The summed E-state index contributed by atoms with van der Waals surface area (Å²) in [4.78, 5) is 14.8. The maximum atomic E-state index is 10.9. The number of non-ortho nitro benzene ring substituents is 1. The summed E-state index contributed by atoms with van der Waals surface area (Å²) in [6.07, 6.45) is 0. The largest absolute Gasteiger partial charge is 0.410 e. The Morgan fingerprint density at radius 3 is 2.76 bits per heavy atom. The molecule has 1 N–H and O–H groups in total. The summed E-state index contributed by atoms with van der Waals surface area (Å²) in [6.45, 7) is 0. The Morgan fingerprint density at radius 1 is 1.19 bits per heavy atom. The Hall–Kier alpha value is -2.80. The molecular formula is C14H9N3O3S. The first-order valence-electron chi connectivity index (χ1n) is 6.02. The van der Waals surface area contributed by atoms with Crippen molar-refractivity contribution < 1.29 is 10.1 Å². The highest BCUT2D eigenvalue weighted by Crippen LogP contribution is 2.23. The third kappa shape index (κ3) is 2.46. The molecule has 0 bridgehead atoms. The van der Waals surface area contributed by atoms with Crippen molar-refractivity contribution >= 4 is 27.2 Å². The van der Waals surface area contributed by atoms with Gasteiger partial charge in [0.15, 0.2) is 4.67 Å². The van der Waals surface area contributed by atoms with Crippen LogP contribution < -0.4 is 4.67 Å². The van der Waals surface area contributed by atoms with E-state index in [2.05, 4.69) is 10.1 Å². The van der Waals surface area contributed by atoms with Gasteiger partial charge in [-0.25, -0.2) is 4.98 Å². The third-order valence-corrected chi connectivity index (χ3v) is 3.96. The number of hydrogen-bond acceptors (Lipinski definition) is 6. The van der Waals surface area contributed by atoms with E-state index in [0.29, 0.717) is 15.9 Å². The third-order valence-electron chi connectivity index (χ3n) is 2.93. The van der Waals surface area contributed by atoms with E-state index in [4.69, 9.17) is 0 Å². The van der Waals surface area contributed by atoms with E-state index in [-0.39, 0.29) is 5.69 Å². The maximum Gasteiger partial charge on any atom is 0.270 e. The number of nitrogens with zero attached hydrogens (tertiary/aromatic N) is 3. The summed E-state index contributed by atoms with van der Waals surface area (Å²) < 4.78 is 1.19. The van der Waals surface area contributed by atoms with E-state index in [1.54, 1.807) is 12.1 Å². The number of hydrogen-bond donors (Lipinski definition) is 1. The molecule has 0 spiro atoms. The molecule has 0 aliphatic carbocycles. The Kier molecular flexibility index (Phi) is 3.33. The normalized spacial score (nSPS) is 11.7. The highest BCUT2D eigenvalue weighted by Gasteiger charge is 2.11. The lowest BCUT2D eigenvalue weighted by Gasteiger charge is -2.03. The fourth-order valence-electron chi connectivity index (χ4n) is 1.98. The van der Waals surface area contributed by atoms with Gasteiger partial charge in [0.25, 0.3) is 5.69 Å². The van der Waals surface area contributed by atoms with E-state index in [1.165, 1.54) is 23.5 Å². The lowest BCUT2D eigenvalue weighted by molar-refractivity contribution is -0.384. The van der Waals surface area contributed by atoms with Crippen LogP contribution in [0.15, 0.2) is 53.7 Å². The Morgan fingerprint density at radius 2 is 2.00 bits per heavy atom. The monoisotopic (exact) mass is 299 g/mol. The summed E-state index contributed by atoms with van der Waals surface area (Å²) in [7, 11) is 0. The first kappa shape index (κ1) is 13.2. The number of para-hydroxylation sites is 1. The van der Waals surface area contributed by atoms with Gasteiger partial charge in [0.05, 0.1) is 15.1 Å². The van der Waals surface area contributed by atoms with Crippen LogP contribution in [0.5, 0.6) is 0 Å². The molecule has 3 rings (SSSR count). The topological polar surface area (TPSA) is 88.6 Å². The standard InChI is InChI=1S/C14H9N3O3S/c18-16-14-13(9-4-3-5-10(8-9)17(19)20)15-11-6-1-2-7-12(11)21-14/h1-8,18H/b16-14-. The van der Waals surface area contributed by atoms with E-state index in [0.717, 1.165) is 10.2 Å². The minimum atomic E-state index is -0.469. The van der Waals surface area contributed by atoms with Crippen molar-refractivity contribution in [2.75, 3.05) is 0 Å². The van der Waals surface area contributed by atoms with Gasteiger partial charge in [0, 0.05) is 17.7 Å². The predicted molar refractivity (Wildman–Crippen MR) is 79.1 cm³/mol. The molecule has 2 aromatic carbocycles. The second-order valence-corrected chi connectivity index (χ2v) is 5.27. The summed E-state index contributed by atoms with van der Waals surface area (Å²) in [5.74, 6) is 0. The molecule has 1 aromatic heterocycles. The van der Waals surface area contributed by atoms with Gasteiger partial charge in [-0.3, -0.25) is 10.1 Å². The molecule has 0 radical (unpaired) electrons. The number of aromatic nitrogens is 1. The molecule has 21 heavy (non-hydrogen) atoms. The van der Waals surface area contributed by atoms with Gasteiger partial charge in [0.1, 0.15) is 5.69 Å². The maximum absolute atomic E-state index is 10.9. The average molecular weight is 299 g/mol. The van der Waals surface area contributed by atoms with Crippen molar-refractivity contribution in [3.63, 3.8) is 0 Å². The number of fused-ring (bicyclic) bond motifs is 1. The zero-order valence-electron chi connectivity index (χ0n) is 10.6. The van der Waals surface area contributed by atoms with Crippen LogP contribution >= 0.6 is 11.3 Å². The Bertz CT molecular complexity index is 905. The lowest BCUT2D eigenvalue weighted by atomic mass is 10.1. The van der Waals surface area contributed by atoms with Crippen LogP contribution in [-0.4, -0.2) is 15.1 Å². The summed E-state index contributed by atoms with van der Waals surface area (Å²) >= 11 is 1.27. The van der Waals surface area contributed by atoms with Crippen molar-refractivity contribution in [3.8, 4) is 11.3 Å². The molecule has 0 saturated heterocycles. The van der Waals surface area contributed by atoms with E-state index >= 15 is 0 Å². The van der Waals surface area contributed by atoms with Crippen LogP contribution in [0.2, 0.25) is 0 Å². The van der Waals surface area contributed by atoms with E-state index < -0.39 is 4.92 Å². The van der Waals surface area contributed by atoms with Gasteiger partial charge >= 0.3 is 0 Å². The molecule has 0 unspecified atom stereocenters. The summed E-state index contributed by atoms with van der Waals surface area (Å²) in [5, 5.41) is 23.3. The smallest absolute Gasteiger partial charge is 0.270 e. The van der Waals surface area contributed by atoms with Crippen LogP contribution in [-0.2, 0) is 0 Å². The fourth-order valence-corrected chi connectivity index (χ4v) is 2.85. The van der Waals surface area contributed by atoms with Crippen molar-refractivity contribution in [1.82, 2.24) is 4.98 Å². The SMILES string of the molecule is O=[N+]([O-])c1cccc(-c2nc3ccccc3s/c2=N\O)c1. The number of nitro groups is 1. The average Bonchev–Trinajstić information content (AvgIpc) is 2.53. The van der Waals surface area contributed by atoms with Crippen LogP contribution in [0, 0.1) is 10.1 Å². The molecule has 0 saturated carbocycles. The van der Waals surface area contributed by atoms with Gasteiger partial charge in [-0.15, -0.1) is 11.3 Å². The minimum absolute atomic E-state index is 0.0312. The van der Waals surface area contributed by atoms with Crippen molar-refractivity contribution in [3.05, 3.63) is 63.3 Å². The van der Waals surface area contributed by atoms with Crippen molar-refractivity contribution in [2.45, 2.75) is 0 Å². The molecule has 0 aliphatic rings. The van der Waals surface area contributed by atoms with E-state index in [9.17, 15) is 15.3 Å². The molecule has 0 amide bonds. The molecular weight excluding hydrogens is 290 g/mol. The second-order valence-electron chi connectivity index (χ2n) is 4.24. The van der Waals surface area contributed by atoms with E-state index in [1.807, 2.05) is 24.3 Å². The molecule has 0 atom stereocenters. The first-order valence-corrected chi connectivity index (χ1v) is 6.83. The van der Waals surface area contributed by atoms with Crippen LogP contribution in [0.1, 0.15) is 0 Å². The number of benzene rings is 2. The molecule has 3 aromatic rings. The number of nitro benzene ring substituents is 1. The zero-order valence-corrected chi connectivity index (χ0v) is 11.4. The number of rotatable bonds is 2. The molecule has 7 heteroatoms. The fraction of sp³-hybridized carbons (Fsp3) is 0.